The van der Waals surface area contributed by atoms with Crippen molar-refractivity contribution in [3.8, 4) is 11.4 Å². The second kappa shape index (κ2) is 5.69. The number of imidazole rings is 1. The van der Waals surface area contributed by atoms with Crippen molar-refractivity contribution in [1.29, 1.82) is 0 Å². The lowest BCUT2D eigenvalue weighted by molar-refractivity contribution is 0.400. The first kappa shape index (κ1) is 15.1. The maximum absolute atomic E-state index is 5.53. The molecule has 0 radical (unpaired) electrons. The molecular formula is C18H19N7O. The molecule has 0 N–H and O–H groups in total. The minimum atomic E-state index is 0.292. The van der Waals surface area contributed by atoms with Gasteiger partial charge in [-0.05, 0) is 19.9 Å². The van der Waals surface area contributed by atoms with E-state index in [1.807, 2.05) is 35.4 Å². The Balaban J connectivity index is 1.47. The third-order valence-corrected chi connectivity index (χ3v) is 4.78. The molecule has 3 aromatic heterocycles. The van der Waals surface area contributed by atoms with Gasteiger partial charge in [0.15, 0.2) is 0 Å². The minimum absolute atomic E-state index is 0.292. The Bertz CT molecular complexity index is 1070. The van der Waals surface area contributed by atoms with Gasteiger partial charge in [-0.2, -0.15) is 10.1 Å². The molecule has 5 rings (SSSR count). The van der Waals surface area contributed by atoms with E-state index >= 15 is 0 Å². The summed E-state index contributed by atoms with van der Waals surface area (Å²) >= 11 is 0. The van der Waals surface area contributed by atoms with Crippen molar-refractivity contribution in [1.82, 2.24) is 29.5 Å². The van der Waals surface area contributed by atoms with Crippen LogP contribution < -0.4 is 4.90 Å². The summed E-state index contributed by atoms with van der Waals surface area (Å²) in [5, 5.41) is 9.75. The normalized spacial score (nSPS) is 14.3. The molecule has 1 aliphatic rings. The molecule has 0 fully saturated rings. The molecular weight excluding hydrogens is 330 g/mol. The van der Waals surface area contributed by atoms with Crippen LogP contribution in [0.25, 0.3) is 22.3 Å². The molecule has 0 saturated heterocycles. The molecule has 1 aromatic carbocycles. The summed E-state index contributed by atoms with van der Waals surface area (Å²) in [5.41, 5.74) is 2.00. The lowest BCUT2D eigenvalue weighted by Gasteiger charge is -2.25. The zero-order chi connectivity index (χ0) is 17.7. The fourth-order valence-corrected chi connectivity index (χ4v) is 3.39. The van der Waals surface area contributed by atoms with E-state index in [1.54, 1.807) is 0 Å². The van der Waals surface area contributed by atoms with Gasteiger partial charge in [0.1, 0.15) is 5.82 Å². The molecule has 0 unspecified atom stereocenters. The molecule has 0 aliphatic carbocycles. The fraction of sp³-hybridized carbons (Fsp3) is 0.333. The van der Waals surface area contributed by atoms with E-state index in [1.165, 1.54) is 0 Å². The zero-order valence-electron chi connectivity index (χ0n) is 14.7. The summed E-state index contributed by atoms with van der Waals surface area (Å²) in [4.78, 5) is 11.0. The van der Waals surface area contributed by atoms with E-state index in [0.717, 1.165) is 35.4 Å². The van der Waals surface area contributed by atoms with Gasteiger partial charge in [0, 0.05) is 42.5 Å². The Kier molecular flexibility index (Phi) is 3.31. The van der Waals surface area contributed by atoms with Crippen molar-refractivity contribution in [2.75, 3.05) is 11.4 Å². The summed E-state index contributed by atoms with van der Waals surface area (Å²) in [6.45, 7) is 6.60. The molecule has 0 spiro atoms. The van der Waals surface area contributed by atoms with E-state index in [2.05, 4.69) is 49.6 Å². The quantitative estimate of drug-likeness (QED) is 0.566. The topological polar surface area (TPSA) is 77.8 Å². The highest BCUT2D eigenvalue weighted by atomic mass is 16.5. The summed E-state index contributed by atoms with van der Waals surface area (Å²) in [6, 6.07) is 6.95. The summed E-state index contributed by atoms with van der Waals surface area (Å²) in [7, 11) is 0. The number of anilines is 1. The predicted octanol–water partition coefficient (Wildman–Crippen LogP) is 2.88. The van der Waals surface area contributed by atoms with Crippen LogP contribution in [0.3, 0.4) is 0 Å². The van der Waals surface area contributed by atoms with Crippen LogP contribution in [-0.2, 0) is 13.1 Å². The number of nitrogens with zero attached hydrogens (tertiary/aromatic N) is 7. The fourth-order valence-electron chi connectivity index (χ4n) is 3.39. The second-order valence-corrected chi connectivity index (χ2v) is 6.82. The number of benzene rings is 1. The Morgan fingerprint density at radius 2 is 2.12 bits per heavy atom. The maximum atomic E-state index is 5.53. The van der Waals surface area contributed by atoms with Gasteiger partial charge in [-0.3, -0.25) is 4.68 Å². The van der Waals surface area contributed by atoms with Crippen LogP contribution in [-0.4, -0.2) is 36.0 Å². The number of aromatic nitrogens is 6. The molecule has 0 bridgehead atoms. The molecule has 1 aliphatic heterocycles. The van der Waals surface area contributed by atoms with Crippen LogP contribution in [0.1, 0.15) is 25.7 Å². The Hall–Kier alpha value is -3.16. The molecule has 132 valence electrons. The number of hydrogen-bond donors (Lipinski definition) is 0. The summed E-state index contributed by atoms with van der Waals surface area (Å²) < 4.78 is 9.68. The Morgan fingerprint density at radius 1 is 1.19 bits per heavy atom. The van der Waals surface area contributed by atoms with E-state index in [-0.39, 0.29) is 0 Å². The van der Waals surface area contributed by atoms with Gasteiger partial charge in [0.2, 0.25) is 5.82 Å². The summed E-state index contributed by atoms with van der Waals surface area (Å²) in [6.07, 6.45) is 5.71. The standard InChI is InChI=1S/C18H19N7O/c1-12(2)25-15-9-13(3-4-14(15)10-20-25)17-21-18(26-22-17)24-8-7-23-6-5-19-16(23)11-24/h3-6,9-10,12H,7-8,11H2,1-2H3. The highest BCUT2D eigenvalue weighted by Gasteiger charge is 2.22. The summed E-state index contributed by atoms with van der Waals surface area (Å²) in [5.74, 6) is 1.60. The van der Waals surface area contributed by atoms with E-state index in [9.17, 15) is 0 Å². The number of rotatable bonds is 3. The SMILES string of the molecule is CC(C)n1ncc2ccc(-c3noc(N4CCn5ccnc5C4)n3)cc21. The van der Waals surface area contributed by atoms with Crippen molar-refractivity contribution in [2.45, 2.75) is 33.0 Å². The average Bonchev–Trinajstić information content (AvgIpc) is 3.38. The van der Waals surface area contributed by atoms with Gasteiger partial charge in [-0.1, -0.05) is 17.3 Å². The highest BCUT2D eigenvalue weighted by Crippen LogP contribution is 2.26. The molecule has 4 aromatic rings. The van der Waals surface area contributed by atoms with Gasteiger partial charge in [0.05, 0.1) is 18.3 Å². The van der Waals surface area contributed by atoms with Crippen molar-refractivity contribution >= 4 is 16.9 Å². The Labute approximate surface area is 150 Å². The lowest BCUT2D eigenvalue weighted by atomic mass is 10.1. The monoisotopic (exact) mass is 349 g/mol. The van der Waals surface area contributed by atoms with Crippen molar-refractivity contribution in [3.05, 3.63) is 42.6 Å². The van der Waals surface area contributed by atoms with E-state index in [4.69, 9.17) is 4.52 Å². The van der Waals surface area contributed by atoms with Crippen molar-refractivity contribution in [3.63, 3.8) is 0 Å². The van der Waals surface area contributed by atoms with E-state index < -0.39 is 0 Å². The molecule has 0 saturated carbocycles. The molecule has 8 heteroatoms. The van der Waals surface area contributed by atoms with Crippen molar-refractivity contribution in [2.24, 2.45) is 0 Å². The van der Waals surface area contributed by atoms with Crippen LogP contribution in [0.15, 0.2) is 41.3 Å². The van der Waals surface area contributed by atoms with Crippen LogP contribution in [0.5, 0.6) is 0 Å². The highest BCUT2D eigenvalue weighted by molar-refractivity contribution is 5.83. The molecule has 26 heavy (non-hydrogen) atoms. The van der Waals surface area contributed by atoms with Crippen LogP contribution in [0, 0.1) is 0 Å². The maximum Gasteiger partial charge on any atom is 0.324 e. The molecule has 0 atom stereocenters. The van der Waals surface area contributed by atoms with Gasteiger partial charge < -0.3 is 14.0 Å². The van der Waals surface area contributed by atoms with E-state index in [0.29, 0.717) is 24.4 Å². The van der Waals surface area contributed by atoms with Gasteiger partial charge in [-0.15, -0.1) is 0 Å². The van der Waals surface area contributed by atoms with Gasteiger partial charge >= 0.3 is 6.01 Å². The second-order valence-electron chi connectivity index (χ2n) is 6.82. The van der Waals surface area contributed by atoms with Gasteiger partial charge in [-0.25, -0.2) is 4.98 Å². The third-order valence-electron chi connectivity index (χ3n) is 4.78. The minimum Gasteiger partial charge on any atom is -0.332 e. The first-order valence-corrected chi connectivity index (χ1v) is 8.75. The van der Waals surface area contributed by atoms with Crippen LogP contribution in [0.2, 0.25) is 0 Å². The lowest BCUT2D eigenvalue weighted by Crippen LogP contribution is -2.33. The predicted molar refractivity (Wildman–Crippen MR) is 96.7 cm³/mol. The molecule has 8 nitrogen and oxygen atoms in total. The zero-order valence-corrected chi connectivity index (χ0v) is 14.7. The van der Waals surface area contributed by atoms with Crippen LogP contribution in [0.4, 0.5) is 6.01 Å². The average molecular weight is 349 g/mol. The third kappa shape index (κ3) is 2.37. The number of fused-ring (bicyclic) bond motifs is 2. The first-order valence-electron chi connectivity index (χ1n) is 8.75. The largest absolute Gasteiger partial charge is 0.332 e. The smallest absolute Gasteiger partial charge is 0.324 e. The van der Waals surface area contributed by atoms with Crippen LogP contribution >= 0.6 is 0 Å². The number of hydrogen-bond acceptors (Lipinski definition) is 6. The Morgan fingerprint density at radius 3 is 3.00 bits per heavy atom. The first-order chi connectivity index (χ1) is 12.7. The molecule has 0 amide bonds. The molecule has 4 heterocycles. The van der Waals surface area contributed by atoms with Gasteiger partial charge in [0.25, 0.3) is 0 Å². The van der Waals surface area contributed by atoms with Crippen molar-refractivity contribution < 1.29 is 4.52 Å².